The van der Waals surface area contributed by atoms with Gasteiger partial charge in [0.15, 0.2) is 0 Å². The smallest absolute Gasteiger partial charge is 0.209 e. The summed E-state index contributed by atoms with van der Waals surface area (Å²) in [6, 6.07) is 15.4. The molecule has 6 heteroatoms. The molecule has 0 bridgehead atoms. The molecule has 4 rings (SSSR count). The third-order valence-corrected chi connectivity index (χ3v) is 5.00. The van der Waals surface area contributed by atoms with Crippen LogP contribution in [0.3, 0.4) is 0 Å². The summed E-state index contributed by atoms with van der Waals surface area (Å²) in [7, 11) is 3.29. The fraction of sp³-hybridized carbons (Fsp3) is 0.143. The van der Waals surface area contributed by atoms with E-state index < -0.39 is 0 Å². The van der Waals surface area contributed by atoms with E-state index in [4.69, 9.17) is 18.9 Å². The third kappa shape index (κ3) is 3.57. The Hall–Kier alpha value is -3.12. The average Bonchev–Trinajstić information content (AvgIpc) is 3.12. The second-order valence-electron chi connectivity index (χ2n) is 5.97. The van der Waals surface area contributed by atoms with Crippen LogP contribution in [-0.4, -0.2) is 19.2 Å². The van der Waals surface area contributed by atoms with Crippen molar-refractivity contribution >= 4 is 27.4 Å². The summed E-state index contributed by atoms with van der Waals surface area (Å²) in [5.41, 5.74) is 2.63. The standard InChI is InChI=1S/C21H18N2O3S/c1-13-12-27-21(22-13)23-18-11-20(14-4-6-15(24-2)7-5-14)26-19-9-8-16(25-3)10-17(18)19/h4-12H,1-3H3/b23-18+. The van der Waals surface area contributed by atoms with Crippen molar-refractivity contribution in [1.82, 2.24) is 4.98 Å². The lowest BCUT2D eigenvalue weighted by Gasteiger charge is -2.07. The minimum absolute atomic E-state index is 0.712. The lowest BCUT2D eigenvalue weighted by molar-refractivity contribution is 0.414. The molecule has 0 spiro atoms. The number of thiazole rings is 1. The summed E-state index contributed by atoms with van der Waals surface area (Å²) >= 11 is 1.51. The maximum Gasteiger partial charge on any atom is 0.209 e. The average molecular weight is 378 g/mol. The molecule has 0 aliphatic carbocycles. The SMILES string of the molecule is COc1ccc(-c2c/c(=N\c3nc(C)cs3)c3cc(OC)ccc3o2)cc1. The lowest BCUT2D eigenvalue weighted by atomic mass is 10.1. The molecule has 2 aromatic carbocycles. The van der Waals surface area contributed by atoms with Crippen molar-refractivity contribution in [1.29, 1.82) is 0 Å². The normalized spacial score (nSPS) is 11.7. The van der Waals surface area contributed by atoms with Crippen LogP contribution in [0.15, 0.2) is 63.3 Å². The monoisotopic (exact) mass is 378 g/mol. The van der Waals surface area contributed by atoms with E-state index in [2.05, 4.69) is 4.98 Å². The van der Waals surface area contributed by atoms with Gasteiger partial charge in [-0.15, -0.1) is 11.3 Å². The highest BCUT2D eigenvalue weighted by molar-refractivity contribution is 7.13. The van der Waals surface area contributed by atoms with Gasteiger partial charge in [-0.3, -0.25) is 0 Å². The van der Waals surface area contributed by atoms with Crippen LogP contribution >= 0.6 is 11.3 Å². The maximum absolute atomic E-state index is 6.13. The molecule has 0 saturated carbocycles. The molecule has 0 aliphatic heterocycles. The van der Waals surface area contributed by atoms with Gasteiger partial charge < -0.3 is 13.9 Å². The summed E-state index contributed by atoms with van der Waals surface area (Å²) in [6.07, 6.45) is 0. The molecule has 4 aromatic rings. The first-order valence-electron chi connectivity index (χ1n) is 8.39. The van der Waals surface area contributed by atoms with E-state index in [0.717, 1.165) is 44.8 Å². The fourth-order valence-corrected chi connectivity index (χ4v) is 3.44. The van der Waals surface area contributed by atoms with E-state index >= 15 is 0 Å². The first-order chi connectivity index (χ1) is 13.2. The molecular formula is C21H18N2O3S. The van der Waals surface area contributed by atoms with Gasteiger partial charge in [-0.25, -0.2) is 9.98 Å². The Morgan fingerprint density at radius 2 is 1.70 bits per heavy atom. The summed E-state index contributed by atoms with van der Waals surface area (Å²) < 4.78 is 16.7. The molecule has 136 valence electrons. The number of ether oxygens (including phenoxy) is 2. The van der Waals surface area contributed by atoms with Crippen molar-refractivity contribution in [3.05, 3.63) is 65.0 Å². The first-order valence-corrected chi connectivity index (χ1v) is 9.27. The van der Waals surface area contributed by atoms with Gasteiger partial charge in [0, 0.05) is 22.4 Å². The zero-order chi connectivity index (χ0) is 18.8. The number of fused-ring (bicyclic) bond motifs is 1. The van der Waals surface area contributed by atoms with Gasteiger partial charge in [-0.05, 0) is 49.4 Å². The van der Waals surface area contributed by atoms with Crippen LogP contribution in [0.4, 0.5) is 5.13 Å². The molecule has 2 heterocycles. The van der Waals surface area contributed by atoms with Crippen molar-refractivity contribution in [2.75, 3.05) is 14.2 Å². The van der Waals surface area contributed by atoms with Crippen molar-refractivity contribution in [2.45, 2.75) is 6.92 Å². The number of rotatable bonds is 4. The summed E-state index contributed by atoms with van der Waals surface area (Å²) in [5, 5.41) is 4.36. The van der Waals surface area contributed by atoms with Crippen LogP contribution < -0.4 is 14.8 Å². The van der Waals surface area contributed by atoms with Crippen LogP contribution in [0.1, 0.15) is 5.69 Å². The largest absolute Gasteiger partial charge is 0.497 e. The van der Waals surface area contributed by atoms with Gasteiger partial charge in [0.2, 0.25) is 5.13 Å². The van der Waals surface area contributed by atoms with E-state index in [-0.39, 0.29) is 0 Å². The van der Waals surface area contributed by atoms with E-state index in [0.29, 0.717) is 5.13 Å². The minimum Gasteiger partial charge on any atom is -0.497 e. The number of aromatic nitrogens is 1. The Kier molecular flexibility index (Phi) is 4.64. The highest BCUT2D eigenvalue weighted by Crippen LogP contribution is 2.27. The van der Waals surface area contributed by atoms with Gasteiger partial charge in [0.1, 0.15) is 22.8 Å². The van der Waals surface area contributed by atoms with Crippen molar-refractivity contribution in [3.8, 4) is 22.8 Å². The van der Waals surface area contributed by atoms with E-state index in [1.807, 2.05) is 60.8 Å². The van der Waals surface area contributed by atoms with Gasteiger partial charge in [-0.1, -0.05) is 0 Å². The second-order valence-corrected chi connectivity index (χ2v) is 6.81. The Morgan fingerprint density at radius 3 is 2.37 bits per heavy atom. The molecule has 0 amide bonds. The summed E-state index contributed by atoms with van der Waals surface area (Å²) in [4.78, 5) is 9.21. The van der Waals surface area contributed by atoms with E-state index in [9.17, 15) is 0 Å². The minimum atomic E-state index is 0.712. The third-order valence-electron chi connectivity index (χ3n) is 4.15. The van der Waals surface area contributed by atoms with Crippen LogP contribution in [0.5, 0.6) is 11.5 Å². The summed E-state index contributed by atoms with van der Waals surface area (Å²) in [5.74, 6) is 2.27. The predicted octanol–water partition coefficient (Wildman–Crippen LogP) is 5.11. The van der Waals surface area contributed by atoms with Crippen LogP contribution in [0.25, 0.3) is 22.3 Å². The van der Waals surface area contributed by atoms with Gasteiger partial charge >= 0.3 is 0 Å². The van der Waals surface area contributed by atoms with Crippen molar-refractivity contribution < 1.29 is 13.9 Å². The number of hydrogen-bond donors (Lipinski definition) is 0. The fourth-order valence-electron chi connectivity index (χ4n) is 2.76. The quantitative estimate of drug-likeness (QED) is 0.495. The predicted molar refractivity (Wildman–Crippen MR) is 107 cm³/mol. The van der Waals surface area contributed by atoms with Crippen molar-refractivity contribution in [3.63, 3.8) is 0 Å². The number of benzene rings is 2. The molecule has 27 heavy (non-hydrogen) atoms. The van der Waals surface area contributed by atoms with Crippen LogP contribution in [0.2, 0.25) is 0 Å². The van der Waals surface area contributed by atoms with Crippen LogP contribution in [-0.2, 0) is 0 Å². The van der Waals surface area contributed by atoms with Crippen LogP contribution in [0, 0.1) is 6.92 Å². The molecular weight excluding hydrogens is 360 g/mol. The molecule has 0 radical (unpaired) electrons. The first kappa shape index (κ1) is 17.3. The summed E-state index contributed by atoms with van der Waals surface area (Å²) in [6.45, 7) is 1.96. The number of methoxy groups -OCH3 is 2. The molecule has 0 fully saturated rings. The zero-order valence-electron chi connectivity index (χ0n) is 15.2. The highest BCUT2D eigenvalue weighted by atomic mass is 32.1. The number of nitrogens with zero attached hydrogens (tertiary/aromatic N) is 2. The molecule has 2 aromatic heterocycles. The number of hydrogen-bond acceptors (Lipinski definition) is 6. The van der Waals surface area contributed by atoms with Gasteiger partial charge in [0.25, 0.3) is 0 Å². The Balaban J connectivity index is 1.95. The maximum atomic E-state index is 6.13. The Morgan fingerprint density at radius 1 is 0.963 bits per heavy atom. The molecule has 0 N–H and O–H groups in total. The Bertz CT molecular complexity index is 1160. The highest BCUT2D eigenvalue weighted by Gasteiger charge is 2.08. The van der Waals surface area contributed by atoms with Gasteiger partial charge in [-0.2, -0.15) is 0 Å². The molecule has 5 nitrogen and oxygen atoms in total. The zero-order valence-corrected chi connectivity index (χ0v) is 16.0. The molecule has 0 saturated heterocycles. The molecule has 0 atom stereocenters. The molecule has 0 aliphatic rings. The Labute approximate surface area is 160 Å². The molecule has 0 unspecified atom stereocenters. The second kappa shape index (κ2) is 7.25. The van der Waals surface area contributed by atoms with Gasteiger partial charge in [0.05, 0.1) is 25.3 Å². The van der Waals surface area contributed by atoms with E-state index in [1.54, 1.807) is 14.2 Å². The van der Waals surface area contributed by atoms with Crippen molar-refractivity contribution in [2.24, 2.45) is 4.99 Å². The van der Waals surface area contributed by atoms with E-state index in [1.165, 1.54) is 11.3 Å². The topological polar surface area (TPSA) is 56.9 Å². The lowest BCUT2D eigenvalue weighted by Crippen LogP contribution is -2.03. The number of aryl methyl sites for hydroxylation is 1.